The van der Waals surface area contributed by atoms with Gasteiger partial charge in [-0.3, -0.25) is 9.59 Å². The Labute approximate surface area is 135 Å². The first-order chi connectivity index (χ1) is 10.7. The van der Waals surface area contributed by atoms with E-state index in [1.165, 1.54) is 0 Å². The van der Waals surface area contributed by atoms with Crippen LogP contribution in [-0.4, -0.2) is 45.7 Å². The van der Waals surface area contributed by atoms with E-state index in [2.05, 4.69) is 5.32 Å². The number of nitrogens with one attached hydrogen (secondary N) is 1. The molecule has 0 aliphatic heterocycles. The van der Waals surface area contributed by atoms with Crippen molar-refractivity contribution >= 4 is 11.7 Å². The highest BCUT2D eigenvalue weighted by Gasteiger charge is 2.03. The van der Waals surface area contributed by atoms with Gasteiger partial charge in [0.2, 0.25) is 5.91 Å². The summed E-state index contributed by atoms with van der Waals surface area (Å²) < 4.78 is 9.87. The van der Waals surface area contributed by atoms with Crippen LogP contribution < -0.4 is 5.32 Å². The first-order valence-electron chi connectivity index (χ1n) is 8.47. The van der Waals surface area contributed by atoms with Crippen LogP contribution in [0.5, 0.6) is 0 Å². The van der Waals surface area contributed by atoms with Crippen molar-refractivity contribution in [2.45, 2.75) is 64.2 Å². The van der Waals surface area contributed by atoms with Gasteiger partial charge < -0.3 is 14.8 Å². The molecule has 0 spiro atoms. The van der Waals surface area contributed by atoms with Gasteiger partial charge >= 0.3 is 0 Å². The van der Waals surface area contributed by atoms with Gasteiger partial charge in [0.25, 0.3) is 0 Å². The molecule has 0 saturated heterocycles. The molecule has 0 radical (unpaired) electrons. The minimum absolute atomic E-state index is 0.116. The largest absolute Gasteiger partial charge is 0.385 e. The number of ether oxygens (including phenoxy) is 2. The second-order valence-electron chi connectivity index (χ2n) is 5.60. The van der Waals surface area contributed by atoms with Gasteiger partial charge in [0.15, 0.2) is 0 Å². The van der Waals surface area contributed by atoms with Crippen LogP contribution in [0.25, 0.3) is 0 Å². The molecule has 130 valence electrons. The van der Waals surface area contributed by atoms with Crippen molar-refractivity contribution in [1.29, 1.82) is 0 Å². The number of ketones is 1. The summed E-state index contributed by atoms with van der Waals surface area (Å²) in [4.78, 5) is 23.1. The van der Waals surface area contributed by atoms with Crippen molar-refractivity contribution in [2.75, 3.05) is 34.0 Å². The molecule has 0 heterocycles. The van der Waals surface area contributed by atoms with Gasteiger partial charge in [-0.1, -0.05) is 12.8 Å². The third kappa shape index (κ3) is 15.4. The van der Waals surface area contributed by atoms with E-state index in [1.807, 2.05) is 0 Å². The second-order valence-corrected chi connectivity index (χ2v) is 5.60. The molecule has 1 N–H and O–H groups in total. The maximum atomic E-state index is 11.6. The van der Waals surface area contributed by atoms with E-state index in [1.54, 1.807) is 14.2 Å². The van der Waals surface area contributed by atoms with Gasteiger partial charge in [-0.2, -0.15) is 0 Å². The molecule has 0 aliphatic carbocycles. The lowest BCUT2D eigenvalue weighted by atomic mass is 10.1. The molecule has 0 fully saturated rings. The SMILES string of the molecule is COCCCCC(=O)CCCCCCC(=O)NCCCOC. The van der Waals surface area contributed by atoms with Crippen LogP contribution in [0.4, 0.5) is 0 Å². The summed E-state index contributed by atoms with van der Waals surface area (Å²) in [6.45, 7) is 2.10. The Morgan fingerprint density at radius 3 is 1.91 bits per heavy atom. The summed E-state index contributed by atoms with van der Waals surface area (Å²) in [6.07, 6.45) is 8.56. The minimum Gasteiger partial charge on any atom is -0.385 e. The fourth-order valence-corrected chi connectivity index (χ4v) is 2.19. The van der Waals surface area contributed by atoms with E-state index < -0.39 is 0 Å². The summed E-state index contributed by atoms with van der Waals surface area (Å²) in [5.41, 5.74) is 0. The molecule has 0 rings (SSSR count). The standard InChI is InChI=1S/C17H33NO4/c1-21-14-8-7-11-16(19)10-5-3-4-6-12-17(20)18-13-9-15-22-2/h3-15H2,1-2H3,(H,18,20). The monoisotopic (exact) mass is 315 g/mol. The number of rotatable bonds is 16. The van der Waals surface area contributed by atoms with Crippen LogP contribution in [0, 0.1) is 0 Å². The molecule has 0 aliphatic rings. The number of methoxy groups -OCH3 is 2. The first kappa shape index (κ1) is 21.1. The maximum Gasteiger partial charge on any atom is 0.219 e. The van der Waals surface area contributed by atoms with Crippen molar-refractivity contribution in [3.8, 4) is 0 Å². The Morgan fingerprint density at radius 2 is 1.27 bits per heavy atom. The molecule has 0 aromatic heterocycles. The average molecular weight is 315 g/mol. The minimum atomic E-state index is 0.116. The van der Waals surface area contributed by atoms with Gasteiger partial charge in [-0.15, -0.1) is 0 Å². The van der Waals surface area contributed by atoms with E-state index in [0.29, 0.717) is 38.2 Å². The number of hydrogen-bond acceptors (Lipinski definition) is 4. The van der Waals surface area contributed by atoms with Crippen LogP contribution in [0.2, 0.25) is 0 Å². The van der Waals surface area contributed by atoms with Crippen LogP contribution in [0.3, 0.4) is 0 Å². The molecule has 0 atom stereocenters. The number of unbranched alkanes of at least 4 members (excludes halogenated alkanes) is 4. The average Bonchev–Trinajstić information content (AvgIpc) is 2.51. The molecular weight excluding hydrogens is 282 g/mol. The number of Topliss-reactive ketones (excluding diaryl/α,β-unsaturated/α-hetero) is 1. The molecule has 0 bridgehead atoms. The van der Waals surface area contributed by atoms with Crippen LogP contribution in [0.1, 0.15) is 64.2 Å². The molecule has 1 amide bonds. The lowest BCUT2D eigenvalue weighted by Crippen LogP contribution is -2.24. The number of hydrogen-bond donors (Lipinski definition) is 1. The van der Waals surface area contributed by atoms with Crippen molar-refractivity contribution in [1.82, 2.24) is 5.32 Å². The smallest absolute Gasteiger partial charge is 0.219 e. The van der Waals surface area contributed by atoms with E-state index >= 15 is 0 Å². The maximum absolute atomic E-state index is 11.6. The number of amides is 1. The molecule has 0 aromatic rings. The van der Waals surface area contributed by atoms with Crippen molar-refractivity contribution in [2.24, 2.45) is 0 Å². The Hall–Kier alpha value is -0.940. The van der Waals surface area contributed by atoms with Gasteiger partial charge in [-0.05, 0) is 32.1 Å². The molecule has 0 unspecified atom stereocenters. The Bertz CT molecular complexity index is 254. The van der Waals surface area contributed by atoms with Crippen LogP contribution >= 0.6 is 0 Å². The Morgan fingerprint density at radius 1 is 0.727 bits per heavy atom. The van der Waals surface area contributed by atoms with Crippen molar-refractivity contribution < 1.29 is 19.1 Å². The first-order valence-corrected chi connectivity index (χ1v) is 8.47. The molecule has 5 heteroatoms. The fourth-order valence-electron chi connectivity index (χ4n) is 2.19. The predicted molar refractivity (Wildman–Crippen MR) is 87.9 cm³/mol. The van der Waals surface area contributed by atoms with Crippen LogP contribution in [0.15, 0.2) is 0 Å². The third-order valence-corrected chi connectivity index (χ3v) is 3.51. The van der Waals surface area contributed by atoms with Gasteiger partial charge in [-0.25, -0.2) is 0 Å². The van der Waals surface area contributed by atoms with Gasteiger partial charge in [0.1, 0.15) is 5.78 Å². The Kier molecular flexibility index (Phi) is 15.7. The molecule has 0 saturated carbocycles. The fraction of sp³-hybridized carbons (Fsp3) is 0.882. The predicted octanol–water partition coefficient (Wildman–Crippen LogP) is 2.87. The van der Waals surface area contributed by atoms with E-state index in [-0.39, 0.29) is 5.91 Å². The van der Waals surface area contributed by atoms with Gasteiger partial charge in [0, 0.05) is 53.2 Å². The van der Waals surface area contributed by atoms with Crippen molar-refractivity contribution in [3.05, 3.63) is 0 Å². The zero-order valence-electron chi connectivity index (χ0n) is 14.3. The molecule has 0 aromatic carbocycles. The van der Waals surface area contributed by atoms with E-state index in [9.17, 15) is 9.59 Å². The quantitative estimate of drug-likeness (QED) is 0.445. The molecule has 22 heavy (non-hydrogen) atoms. The third-order valence-electron chi connectivity index (χ3n) is 3.51. The summed E-state index contributed by atoms with van der Waals surface area (Å²) in [5, 5.41) is 2.88. The second kappa shape index (κ2) is 16.4. The Balaban J connectivity index is 3.28. The lowest BCUT2D eigenvalue weighted by molar-refractivity contribution is -0.121. The summed E-state index contributed by atoms with van der Waals surface area (Å²) >= 11 is 0. The number of carbonyl (C=O) groups is 2. The molecule has 5 nitrogen and oxygen atoms in total. The molecular formula is C17H33NO4. The number of carbonyl (C=O) groups excluding carboxylic acids is 2. The van der Waals surface area contributed by atoms with E-state index in [4.69, 9.17) is 9.47 Å². The highest BCUT2D eigenvalue weighted by Crippen LogP contribution is 2.08. The van der Waals surface area contributed by atoms with Crippen molar-refractivity contribution in [3.63, 3.8) is 0 Å². The highest BCUT2D eigenvalue weighted by atomic mass is 16.5. The zero-order chi connectivity index (χ0) is 16.5. The van der Waals surface area contributed by atoms with Gasteiger partial charge in [0.05, 0.1) is 0 Å². The van der Waals surface area contributed by atoms with E-state index in [0.717, 1.165) is 51.6 Å². The topological polar surface area (TPSA) is 64.6 Å². The summed E-state index contributed by atoms with van der Waals surface area (Å²) in [7, 11) is 3.34. The summed E-state index contributed by atoms with van der Waals surface area (Å²) in [6, 6.07) is 0. The zero-order valence-corrected chi connectivity index (χ0v) is 14.3. The van der Waals surface area contributed by atoms with Crippen LogP contribution in [-0.2, 0) is 19.1 Å². The lowest BCUT2D eigenvalue weighted by Gasteiger charge is -2.05. The highest BCUT2D eigenvalue weighted by molar-refractivity contribution is 5.78. The normalized spacial score (nSPS) is 10.6. The summed E-state index contributed by atoms with van der Waals surface area (Å²) in [5.74, 6) is 0.470.